The maximum absolute atomic E-state index is 11.0. The van der Waals surface area contributed by atoms with Gasteiger partial charge in [0.05, 0.1) is 6.61 Å². The third kappa shape index (κ3) is 1.96. The van der Waals surface area contributed by atoms with Gasteiger partial charge < -0.3 is 19.3 Å². The number of hydrogen-bond acceptors (Lipinski definition) is 5. The van der Waals surface area contributed by atoms with Crippen LogP contribution in [-0.2, 0) is 9.53 Å². The Morgan fingerprint density at radius 2 is 2.27 bits per heavy atom. The summed E-state index contributed by atoms with van der Waals surface area (Å²) in [4.78, 5) is 11.0. The molecule has 0 amide bonds. The lowest BCUT2D eigenvalue weighted by atomic mass is 10.3. The van der Waals surface area contributed by atoms with Crippen LogP contribution in [0.1, 0.15) is 6.92 Å². The molecule has 0 saturated carbocycles. The van der Waals surface area contributed by atoms with Crippen molar-refractivity contribution in [1.29, 1.82) is 0 Å². The molecule has 5 nitrogen and oxygen atoms in total. The molecule has 0 spiro atoms. The predicted octanol–water partition coefficient (Wildman–Crippen LogP) is 1.44. The van der Waals surface area contributed by atoms with Crippen molar-refractivity contribution in [3.8, 4) is 23.0 Å². The van der Waals surface area contributed by atoms with Crippen molar-refractivity contribution in [1.82, 2.24) is 0 Å². The maximum Gasteiger partial charge on any atom is 0.344 e. The van der Waals surface area contributed by atoms with E-state index in [1.165, 1.54) is 6.07 Å². The van der Waals surface area contributed by atoms with E-state index in [1.54, 1.807) is 13.0 Å². The standard InChI is InChI=1S/C10H10O5/c1-2-13-8(12)5-14-7-4-3-6(11)9-10(7)15-9/h3-4,11H,2,5H2,1H3. The summed E-state index contributed by atoms with van der Waals surface area (Å²) in [7, 11) is 0. The number of phenolic OH excluding ortho intramolecular Hbond substituents is 1. The second-order valence-electron chi connectivity index (χ2n) is 2.94. The van der Waals surface area contributed by atoms with Gasteiger partial charge in [-0.3, -0.25) is 0 Å². The van der Waals surface area contributed by atoms with E-state index in [0.717, 1.165) is 0 Å². The summed E-state index contributed by atoms with van der Waals surface area (Å²) in [6.07, 6.45) is 0. The first-order chi connectivity index (χ1) is 7.22. The van der Waals surface area contributed by atoms with Crippen molar-refractivity contribution in [2.75, 3.05) is 13.2 Å². The topological polar surface area (TPSA) is 68.3 Å². The molecule has 5 heteroatoms. The van der Waals surface area contributed by atoms with Crippen LogP contribution in [0.4, 0.5) is 0 Å². The first kappa shape index (κ1) is 9.64. The van der Waals surface area contributed by atoms with Gasteiger partial charge in [0, 0.05) is 0 Å². The van der Waals surface area contributed by atoms with Crippen LogP contribution in [0.5, 0.6) is 23.0 Å². The van der Waals surface area contributed by atoms with Crippen LogP contribution in [0.2, 0.25) is 0 Å². The lowest BCUT2D eigenvalue weighted by molar-refractivity contribution is -0.145. The van der Waals surface area contributed by atoms with E-state index in [1.807, 2.05) is 0 Å². The van der Waals surface area contributed by atoms with Crippen LogP contribution in [0.15, 0.2) is 12.1 Å². The number of hydrogen-bond donors (Lipinski definition) is 1. The van der Waals surface area contributed by atoms with E-state index in [4.69, 9.17) is 14.2 Å². The van der Waals surface area contributed by atoms with Gasteiger partial charge in [-0.2, -0.15) is 0 Å². The maximum atomic E-state index is 11.0. The molecular formula is C10H10O5. The molecule has 0 atom stereocenters. The number of phenols is 1. The van der Waals surface area contributed by atoms with Crippen LogP contribution in [0.3, 0.4) is 0 Å². The monoisotopic (exact) mass is 210 g/mol. The van der Waals surface area contributed by atoms with Gasteiger partial charge in [-0.05, 0) is 19.1 Å². The number of aromatic hydroxyl groups is 1. The summed E-state index contributed by atoms with van der Waals surface area (Å²) in [5.74, 6) is 0.986. The van der Waals surface area contributed by atoms with Crippen molar-refractivity contribution in [3.63, 3.8) is 0 Å². The number of ether oxygens (including phenoxy) is 3. The molecule has 1 aliphatic rings. The molecule has 2 rings (SSSR count). The highest BCUT2D eigenvalue weighted by atomic mass is 16.6. The largest absolute Gasteiger partial charge is 0.504 e. The molecule has 1 N–H and O–H groups in total. The van der Waals surface area contributed by atoms with Gasteiger partial charge in [0.25, 0.3) is 0 Å². The molecule has 0 aromatic heterocycles. The van der Waals surface area contributed by atoms with Crippen LogP contribution < -0.4 is 9.47 Å². The lowest BCUT2D eigenvalue weighted by Crippen LogP contribution is -2.14. The Morgan fingerprint density at radius 1 is 1.47 bits per heavy atom. The number of fused-ring (bicyclic) bond motifs is 1. The zero-order valence-electron chi connectivity index (χ0n) is 8.15. The minimum Gasteiger partial charge on any atom is -0.504 e. The summed E-state index contributed by atoms with van der Waals surface area (Å²) >= 11 is 0. The van der Waals surface area contributed by atoms with E-state index in [9.17, 15) is 9.90 Å². The zero-order valence-corrected chi connectivity index (χ0v) is 8.15. The first-order valence-electron chi connectivity index (χ1n) is 4.54. The van der Waals surface area contributed by atoms with E-state index in [-0.39, 0.29) is 12.4 Å². The van der Waals surface area contributed by atoms with E-state index < -0.39 is 5.97 Å². The van der Waals surface area contributed by atoms with Gasteiger partial charge in [-0.25, -0.2) is 4.79 Å². The Labute approximate surface area is 86.2 Å². The highest BCUT2D eigenvalue weighted by Gasteiger charge is 2.30. The Bertz CT molecular complexity index is 399. The van der Waals surface area contributed by atoms with Gasteiger partial charge >= 0.3 is 5.97 Å². The quantitative estimate of drug-likeness (QED) is 0.610. The SMILES string of the molecule is CCOC(=O)COc1ccc(O)c2c1O2. The summed E-state index contributed by atoms with van der Waals surface area (Å²) in [6.45, 7) is 1.89. The Balaban J connectivity index is 1.93. The average molecular weight is 210 g/mol. The third-order valence-electron chi connectivity index (χ3n) is 1.87. The van der Waals surface area contributed by atoms with Gasteiger partial charge in [0.2, 0.25) is 11.5 Å². The smallest absolute Gasteiger partial charge is 0.344 e. The van der Waals surface area contributed by atoms with E-state index in [0.29, 0.717) is 23.9 Å². The van der Waals surface area contributed by atoms with Crippen molar-refractivity contribution in [3.05, 3.63) is 12.1 Å². The number of benzene rings is 1. The zero-order chi connectivity index (χ0) is 10.8. The van der Waals surface area contributed by atoms with Gasteiger partial charge in [-0.15, -0.1) is 0 Å². The molecule has 0 fully saturated rings. The third-order valence-corrected chi connectivity index (χ3v) is 1.87. The molecule has 0 saturated heterocycles. The molecule has 1 aromatic carbocycles. The van der Waals surface area contributed by atoms with Crippen molar-refractivity contribution < 1.29 is 24.1 Å². The van der Waals surface area contributed by atoms with Crippen molar-refractivity contribution in [2.45, 2.75) is 6.92 Å². The summed E-state index contributed by atoms with van der Waals surface area (Å²) < 4.78 is 14.8. The van der Waals surface area contributed by atoms with Gasteiger partial charge in [0.1, 0.15) is 0 Å². The van der Waals surface area contributed by atoms with Crippen LogP contribution >= 0.6 is 0 Å². The molecular weight excluding hydrogens is 200 g/mol. The fourth-order valence-electron chi connectivity index (χ4n) is 1.17. The fraction of sp³-hybridized carbons (Fsp3) is 0.300. The summed E-state index contributed by atoms with van der Waals surface area (Å²) in [5.41, 5.74) is 0. The molecule has 15 heavy (non-hydrogen) atoms. The number of rotatable bonds is 4. The predicted molar refractivity (Wildman–Crippen MR) is 50.3 cm³/mol. The van der Waals surface area contributed by atoms with Crippen LogP contribution in [0.25, 0.3) is 0 Å². The van der Waals surface area contributed by atoms with Crippen molar-refractivity contribution in [2.24, 2.45) is 0 Å². The molecule has 80 valence electrons. The molecule has 0 radical (unpaired) electrons. The van der Waals surface area contributed by atoms with Crippen molar-refractivity contribution >= 4 is 5.97 Å². The lowest BCUT2D eigenvalue weighted by Gasteiger charge is -2.03. The molecule has 0 aliphatic carbocycles. The molecule has 0 unspecified atom stereocenters. The van der Waals surface area contributed by atoms with E-state index >= 15 is 0 Å². The molecule has 1 aromatic rings. The Kier molecular flexibility index (Phi) is 2.37. The Morgan fingerprint density at radius 3 is 3.00 bits per heavy atom. The highest BCUT2D eigenvalue weighted by Crippen LogP contribution is 2.57. The van der Waals surface area contributed by atoms with Crippen LogP contribution in [-0.4, -0.2) is 24.3 Å². The summed E-state index contributed by atoms with van der Waals surface area (Å²) in [6, 6.07) is 2.99. The van der Waals surface area contributed by atoms with Crippen LogP contribution in [0, 0.1) is 0 Å². The highest BCUT2D eigenvalue weighted by molar-refractivity contribution is 5.73. The minimum atomic E-state index is -0.431. The number of carbonyl (C=O) groups excluding carboxylic acids is 1. The number of carbonyl (C=O) groups is 1. The Hall–Kier alpha value is -1.91. The second kappa shape index (κ2) is 3.68. The van der Waals surface area contributed by atoms with Gasteiger partial charge in [-0.1, -0.05) is 0 Å². The van der Waals surface area contributed by atoms with E-state index in [2.05, 4.69) is 0 Å². The normalized spacial score (nSPS) is 11.3. The number of esters is 1. The fourth-order valence-corrected chi connectivity index (χ4v) is 1.17. The summed E-state index contributed by atoms with van der Waals surface area (Å²) in [5, 5.41) is 9.19. The molecule has 1 aliphatic heterocycles. The molecule has 1 heterocycles. The average Bonchev–Trinajstić information content (AvgIpc) is 2.98. The minimum absolute atomic E-state index is 0.0773. The first-order valence-corrected chi connectivity index (χ1v) is 4.54. The molecule has 0 bridgehead atoms. The van der Waals surface area contributed by atoms with Gasteiger partial charge in [0.15, 0.2) is 18.1 Å². The second-order valence-corrected chi connectivity index (χ2v) is 2.94.